The Hall–Kier alpha value is -3.47. The van der Waals surface area contributed by atoms with Crippen LogP contribution < -0.4 is 10.1 Å². The van der Waals surface area contributed by atoms with Crippen molar-refractivity contribution in [2.45, 2.75) is 6.42 Å². The highest BCUT2D eigenvalue weighted by atomic mass is 19.1. The summed E-state index contributed by atoms with van der Waals surface area (Å²) in [7, 11) is 0. The molecule has 5 heteroatoms. The summed E-state index contributed by atoms with van der Waals surface area (Å²) in [4.78, 5) is 24.0. The molecule has 0 saturated carbocycles. The van der Waals surface area contributed by atoms with Crippen molar-refractivity contribution < 1.29 is 18.7 Å². The van der Waals surface area contributed by atoms with Gasteiger partial charge in [-0.05, 0) is 54.1 Å². The summed E-state index contributed by atoms with van der Waals surface area (Å²) in [5.74, 6) is -0.644. The highest BCUT2D eigenvalue weighted by Gasteiger charge is 2.08. The van der Waals surface area contributed by atoms with Gasteiger partial charge >= 0.3 is 5.97 Å². The van der Waals surface area contributed by atoms with E-state index in [1.807, 2.05) is 6.07 Å². The maximum atomic E-state index is 12.9. The summed E-state index contributed by atoms with van der Waals surface area (Å²) in [6.45, 7) is 0. The minimum Gasteiger partial charge on any atom is -0.426 e. The third-order valence-corrected chi connectivity index (χ3v) is 3.64. The molecular weight excluding hydrogens is 333 g/mol. The maximum absolute atomic E-state index is 12.9. The van der Waals surface area contributed by atoms with Crippen LogP contribution in [0.3, 0.4) is 0 Å². The van der Waals surface area contributed by atoms with Gasteiger partial charge < -0.3 is 10.1 Å². The summed E-state index contributed by atoms with van der Waals surface area (Å²) in [6.07, 6.45) is 0.0484. The van der Waals surface area contributed by atoms with E-state index in [1.54, 1.807) is 60.7 Å². The Bertz CT molecular complexity index is 891. The van der Waals surface area contributed by atoms with Gasteiger partial charge in [-0.2, -0.15) is 0 Å². The van der Waals surface area contributed by atoms with Crippen LogP contribution in [0.4, 0.5) is 10.1 Å². The first-order valence-corrected chi connectivity index (χ1v) is 8.02. The number of nitrogens with one attached hydrogen (secondary N) is 1. The lowest BCUT2D eigenvalue weighted by molar-refractivity contribution is -0.133. The molecule has 0 bridgehead atoms. The molecule has 0 aliphatic rings. The average Bonchev–Trinajstić information content (AvgIpc) is 2.66. The van der Waals surface area contributed by atoms with Crippen LogP contribution in [0.5, 0.6) is 5.75 Å². The number of ether oxygens (including phenoxy) is 1. The molecule has 0 aliphatic carbocycles. The van der Waals surface area contributed by atoms with E-state index < -0.39 is 5.97 Å². The second kappa shape index (κ2) is 8.07. The molecule has 0 fully saturated rings. The summed E-state index contributed by atoms with van der Waals surface area (Å²) < 4.78 is 18.1. The van der Waals surface area contributed by atoms with Crippen LogP contribution in [0.25, 0.3) is 0 Å². The SMILES string of the molecule is O=C(Cc1ccc(F)cc1)Oc1ccc(NC(=O)c2ccccc2)cc1. The van der Waals surface area contributed by atoms with E-state index in [0.717, 1.165) is 0 Å². The molecule has 130 valence electrons. The Morgan fingerprint density at radius 1 is 0.846 bits per heavy atom. The Morgan fingerprint density at radius 3 is 2.15 bits per heavy atom. The zero-order valence-electron chi connectivity index (χ0n) is 13.8. The lowest BCUT2D eigenvalue weighted by Gasteiger charge is -2.07. The van der Waals surface area contributed by atoms with E-state index in [0.29, 0.717) is 22.6 Å². The van der Waals surface area contributed by atoms with E-state index in [1.165, 1.54) is 12.1 Å². The Kier molecular flexibility index (Phi) is 5.39. The molecule has 3 aromatic carbocycles. The van der Waals surface area contributed by atoms with Gasteiger partial charge in [0.2, 0.25) is 0 Å². The second-order valence-corrected chi connectivity index (χ2v) is 5.62. The fraction of sp³-hybridized carbons (Fsp3) is 0.0476. The molecule has 0 radical (unpaired) electrons. The quantitative estimate of drug-likeness (QED) is 0.554. The van der Waals surface area contributed by atoms with Crippen molar-refractivity contribution >= 4 is 17.6 Å². The van der Waals surface area contributed by atoms with Crippen molar-refractivity contribution in [2.75, 3.05) is 5.32 Å². The van der Waals surface area contributed by atoms with E-state index in [9.17, 15) is 14.0 Å². The number of hydrogen-bond acceptors (Lipinski definition) is 3. The van der Waals surface area contributed by atoms with Gasteiger partial charge in [0.05, 0.1) is 6.42 Å². The van der Waals surface area contributed by atoms with Crippen LogP contribution in [0, 0.1) is 5.82 Å². The van der Waals surface area contributed by atoms with Crippen LogP contribution in [-0.2, 0) is 11.2 Å². The van der Waals surface area contributed by atoms with Crippen molar-refractivity contribution in [3.8, 4) is 5.75 Å². The third kappa shape index (κ3) is 4.77. The van der Waals surface area contributed by atoms with Gasteiger partial charge in [0.1, 0.15) is 11.6 Å². The minimum atomic E-state index is -0.447. The number of rotatable bonds is 5. The molecule has 0 spiro atoms. The highest BCUT2D eigenvalue weighted by Crippen LogP contribution is 2.17. The van der Waals surface area contributed by atoms with Gasteiger partial charge in [-0.25, -0.2) is 4.39 Å². The molecule has 0 saturated heterocycles. The molecule has 0 atom stereocenters. The molecule has 0 aliphatic heterocycles. The van der Waals surface area contributed by atoms with Gasteiger partial charge in [0, 0.05) is 11.3 Å². The highest BCUT2D eigenvalue weighted by molar-refractivity contribution is 6.04. The number of amides is 1. The molecule has 0 unspecified atom stereocenters. The molecular formula is C21H16FNO3. The fourth-order valence-electron chi connectivity index (χ4n) is 2.34. The smallest absolute Gasteiger partial charge is 0.315 e. The summed E-state index contributed by atoms with van der Waals surface area (Å²) in [5.41, 5.74) is 1.82. The van der Waals surface area contributed by atoms with Gasteiger partial charge in [-0.1, -0.05) is 30.3 Å². The normalized spacial score (nSPS) is 10.2. The Balaban J connectivity index is 1.56. The van der Waals surface area contributed by atoms with E-state index >= 15 is 0 Å². The van der Waals surface area contributed by atoms with Crippen molar-refractivity contribution in [1.29, 1.82) is 0 Å². The molecule has 3 aromatic rings. The van der Waals surface area contributed by atoms with Crippen molar-refractivity contribution in [1.82, 2.24) is 0 Å². The monoisotopic (exact) mass is 349 g/mol. The molecule has 26 heavy (non-hydrogen) atoms. The molecule has 0 aromatic heterocycles. The Labute approximate surface area is 150 Å². The zero-order chi connectivity index (χ0) is 18.4. The van der Waals surface area contributed by atoms with E-state index in [-0.39, 0.29) is 18.1 Å². The molecule has 1 amide bonds. The van der Waals surface area contributed by atoms with E-state index in [4.69, 9.17) is 4.74 Å². The first-order chi connectivity index (χ1) is 12.6. The fourth-order valence-corrected chi connectivity index (χ4v) is 2.34. The standard InChI is InChI=1S/C21H16FNO3/c22-17-8-6-15(7-9-17)14-20(24)26-19-12-10-18(11-13-19)23-21(25)16-4-2-1-3-5-16/h1-13H,14H2,(H,23,25). The molecule has 1 N–H and O–H groups in total. The first-order valence-electron chi connectivity index (χ1n) is 8.02. The lowest BCUT2D eigenvalue weighted by Crippen LogP contribution is -2.12. The lowest BCUT2D eigenvalue weighted by atomic mass is 10.1. The topological polar surface area (TPSA) is 55.4 Å². The van der Waals surface area contributed by atoms with Gasteiger partial charge in [0.25, 0.3) is 5.91 Å². The second-order valence-electron chi connectivity index (χ2n) is 5.62. The maximum Gasteiger partial charge on any atom is 0.315 e. The summed E-state index contributed by atoms with van der Waals surface area (Å²) in [5, 5.41) is 2.77. The van der Waals surface area contributed by atoms with E-state index in [2.05, 4.69) is 5.32 Å². The van der Waals surface area contributed by atoms with Crippen molar-refractivity contribution in [3.05, 3.63) is 95.8 Å². The van der Waals surface area contributed by atoms with Crippen LogP contribution in [0.2, 0.25) is 0 Å². The molecule has 3 rings (SSSR count). The van der Waals surface area contributed by atoms with Gasteiger partial charge in [0.15, 0.2) is 0 Å². The number of benzene rings is 3. The minimum absolute atomic E-state index is 0.0484. The number of carbonyl (C=O) groups is 2. The molecule has 4 nitrogen and oxygen atoms in total. The number of halogens is 1. The summed E-state index contributed by atoms with van der Waals surface area (Å²) in [6, 6.07) is 21.1. The van der Waals surface area contributed by atoms with Gasteiger partial charge in [-0.3, -0.25) is 9.59 Å². The van der Waals surface area contributed by atoms with Crippen molar-refractivity contribution in [2.24, 2.45) is 0 Å². The Morgan fingerprint density at radius 2 is 1.50 bits per heavy atom. The number of carbonyl (C=O) groups excluding carboxylic acids is 2. The first kappa shape index (κ1) is 17.4. The van der Waals surface area contributed by atoms with Crippen LogP contribution in [0.1, 0.15) is 15.9 Å². The summed E-state index contributed by atoms with van der Waals surface area (Å²) >= 11 is 0. The van der Waals surface area contributed by atoms with Crippen LogP contribution in [-0.4, -0.2) is 11.9 Å². The zero-order valence-corrected chi connectivity index (χ0v) is 13.8. The largest absolute Gasteiger partial charge is 0.426 e. The predicted molar refractivity (Wildman–Crippen MR) is 96.6 cm³/mol. The van der Waals surface area contributed by atoms with Crippen LogP contribution in [0.15, 0.2) is 78.9 Å². The number of anilines is 1. The average molecular weight is 349 g/mol. The van der Waals surface area contributed by atoms with Crippen LogP contribution >= 0.6 is 0 Å². The predicted octanol–water partition coefficient (Wildman–Crippen LogP) is 4.23. The van der Waals surface area contributed by atoms with Gasteiger partial charge in [-0.15, -0.1) is 0 Å². The van der Waals surface area contributed by atoms with Crippen molar-refractivity contribution in [3.63, 3.8) is 0 Å². The third-order valence-electron chi connectivity index (χ3n) is 3.64. The number of esters is 1. The number of hydrogen-bond donors (Lipinski definition) is 1. The molecule has 0 heterocycles.